The van der Waals surface area contributed by atoms with Crippen molar-refractivity contribution in [1.29, 1.82) is 0 Å². The summed E-state index contributed by atoms with van der Waals surface area (Å²) in [6, 6.07) is 34.8. The summed E-state index contributed by atoms with van der Waals surface area (Å²) in [4.78, 5) is 10.5. The van der Waals surface area contributed by atoms with Gasteiger partial charge in [0.2, 0.25) is 0 Å². The maximum Gasteiger partial charge on any atom is 0.145 e. The van der Waals surface area contributed by atoms with Crippen LogP contribution in [0, 0.1) is 19.0 Å². The Kier molecular flexibility index (Phi) is 4.88. The predicted molar refractivity (Wildman–Crippen MR) is 150 cm³/mol. The minimum absolute atomic E-state index is 0. The molecule has 6 aromatic rings. The van der Waals surface area contributed by atoms with E-state index in [-0.39, 0.29) is 26.6 Å². The van der Waals surface area contributed by atoms with Crippen LogP contribution in [0.25, 0.3) is 27.6 Å². The van der Waals surface area contributed by atoms with Crippen molar-refractivity contribution < 1.29 is 34.2 Å². The van der Waals surface area contributed by atoms with Crippen LogP contribution in [-0.4, -0.2) is 21.5 Å². The molecule has 0 bridgehead atoms. The Labute approximate surface area is 248 Å². The molecule has 3 heterocycles. The molecule has 38 heavy (non-hydrogen) atoms. The average Bonchev–Trinajstić information content (AvgIpc) is 3.53. The number of benzene rings is 4. The van der Waals surface area contributed by atoms with Gasteiger partial charge in [-0.2, -0.15) is 29.2 Å². The minimum atomic E-state index is -2.43. The molecule has 7 heteroatoms. The number of aryl methyl sites for hydroxylation is 1. The molecule has 190 valence electrons. The summed E-state index contributed by atoms with van der Waals surface area (Å²) in [5.41, 5.74) is 3.64. The first-order valence-electron chi connectivity index (χ1n) is 14.6. The molecule has 0 radical (unpaired) electrons. The van der Waals surface area contributed by atoms with Gasteiger partial charge in [-0.25, -0.2) is 4.98 Å². The van der Waals surface area contributed by atoms with Crippen molar-refractivity contribution in [1.82, 2.24) is 9.55 Å². The second-order valence-electron chi connectivity index (χ2n) is 8.54. The molecular formula is C31H23N4OPtS-. The van der Waals surface area contributed by atoms with Crippen molar-refractivity contribution in [2.24, 2.45) is 0 Å². The van der Waals surface area contributed by atoms with E-state index < -0.39 is 13.8 Å². The van der Waals surface area contributed by atoms with Gasteiger partial charge in [-0.05, 0) is 48.1 Å². The van der Waals surface area contributed by atoms with E-state index in [0.717, 1.165) is 36.7 Å². The van der Waals surface area contributed by atoms with E-state index in [4.69, 9.17) is 8.22 Å². The zero-order valence-corrected chi connectivity index (χ0v) is 22.8. The molecule has 1 aliphatic rings. The molecule has 7 rings (SSSR count). The van der Waals surface area contributed by atoms with E-state index in [2.05, 4.69) is 22.1 Å². The van der Waals surface area contributed by atoms with Crippen molar-refractivity contribution >= 4 is 50.6 Å². The molecule has 0 amide bonds. The number of rotatable bonds is 4. The molecule has 0 fully saturated rings. The summed E-state index contributed by atoms with van der Waals surface area (Å²) in [6.45, 7) is -4.69. The van der Waals surface area contributed by atoms with Crippen LogP contribution in [0.3, 0.4) is 0 Å². The molecule has 0 aliphatic carbocycles. The molecule has 4 aromatic carbocycles. The molecule has 0 atom stereocenters. The van der Waals surface area contributed by atoms with Crippen LogP contribution in [0.15, 0.2) is 107 Å². The van der Waals surface area contributed by atoms with Crippen LogP contribution in [0.1, 0.15) is 13.8 Å². The van der Waals surface area contributed by atoms with Crippen LogP contribution < -0.4 is 10.1 Å². The number of aromatic nitrogens is 2. The molecule has 0 unspecified atom stereocenters. The van der Waals surface area contributed by atoms with Gasteiger partial charge in [-0.1, -0.05) is 35.8 Å². The van der Waals surface area contributed by atoms with Gasteiger partial charge in [0.25, 0.3) is 0 Å². The number of hydroxylamine groups is 1. The van der Waals surface area contributed by atoms with Gasteiger partial charge in [0.05, 0.1) is 11.1 Å². The van der Waals surface area contributed by atoms with Crippen LogP contribution in [-0.2, 0) is 21.1 Å². The summed E-state index contributed by atoms with van der Waals surface area (Å²) in [5.74, 6) is 0.500. The summed E-state index contributed by atoms with van der Waals surface area (Å²) in [5, 5.41) is 4.61. The van der Waals surface area contributed by atoms with Crippen molar-refractivity contribution in [3.05, 3.63) is 115 Å². The van der Waals surface area contributed by atoms with Crippen molar-refractivity contribution in [2.75, 3.05) is 17.1 Å². The Morgan fingerprint density at radius 2 is 1.68 bits per heavy atom. The Morgan fingerprint density at radius 3 is 2.58 bits per heavy atom. The molecule has 0 saturated heterocycles. The first kappa shape index (κ1) is 18.6. The fourth-order valence-electron chi connectivity index (χ4n) is 4.64. The number of hydrogen-bond acceptors (Lipinski definition) is 4. The molecule has 1 aliphatic heterocycles. The Morgan fingerprint density at radius 1 is 0.842 bits per heavy atom. The van der Waals surface area contributed by atoms with Gasteiger partial charge in [-0.3, -0.25) is 0 Å². The normalized spacial score (nSPS) is 15.7. The van der Waals surface area contributed by atoms with Gasteiger partial charge >= 0.3 is 0 Å². The topological polar surface area (TPSA) is 37.1 Å². The number of pyridine rings is 1. The third-order valence-electron chi connectivity index (χ3n) is 6.25. The van der Waals surface area contributed by atoms with Gasteiger partial charge in [0.1, 0.15) is 17.2 Å². The first-order valence-corrected chi connectivity index (χ1v) is 12.4. The quantitative estimate of drug-likeness (QED) is 0.140. The fourth-order valence-corrected chi connectivity index (χ4v) is 5.46. The van der Waals surface area contributed by atoms with E-state index in [1.54, 1.807) is 23.3 Å². The van der Waals surface area contributed by atoms with E-state index >= 15 is 0 Å². The summed E-state index contributed by atoms with van der Waals surface area (Å²) in [7, 11) is 0. The third kappa shape index (κ3) is 4.19. The smallest absolute Gasteiger partial charge is 0.145 e. The van der Waals surface area contributed by atoms with Crippen LogP contribution in [0.5, 0.6) is 0 Å². The second kappa shape index (κ2) is 9.95. The van der Waals surface area contributed by atoms with E-state index in [0.29, 0.717) is 22.9 Å². The number of hydrogen-bond donors (Lipinski definition) is 0. The SMILES string of the molecule is [2H]C([2H])([2H])c1ccnc(-n2c3[c-]c(Sc4[c-]c(N5[OH+]N(C([2H])([2H])[2H])c6ccccc65)ccc4)ccc3c3ccccc32)c1.[Pt]. The number of nitrogens with zero attached hydrogens (tertiary/aromatic N) is 4. The van der Waals surface area contributed by atoms with Gasteiger partial charge in [0.15, 0.2) is 0 Å². The standard InChI is InChI=1S/C31H22N4OS.Pt/c1-21-16-17-32-31(18-21)34-27-11-4-3-10-25(27)26-15-14-24(20-30(26)34)37-23-9-7-8-22(19-23)35-29-13-6-5-12-28(29)33(2)36-35;/h3-18H,1-2H3;/q-2;/p+1/i1D3,2D3;. The Bertz CT molecular complexity index is 2010. The molecule has 0 saturated carbocycles. The second-order valence-corrected chi connectivity index (χ2v) is 9.63. The number of anilines is 3. The summed E-state index contributed by atoms with van der Waals surface area (Å²) in [6.07, 6.45) is 1.52. The largest absolute Gasteiger partial charge is 0.319 e. The summed E-state index contributed by atoms with van der Waals surface area (Å²) < 4.78 is 49.3. The van der Waals surface area contributed by atoms with E-state index in [9.17, 15) is 0 Å². The van der Waals surface area contributed by atoms with Crippen molar-refractivity contribution in [3.63, 3.8) is 0 Å². The van der Waals surface area contributed by atoms with Gasteiger partial charge in [0, 0.05) is 42.6 Å². The molecule has 1 N–H and O–H groups in total. The monoisotopic (exact) mass is 700 g/mol. The van der Waals surface area contributed by atoms with Crippen molar-refractivity contribution in [2.45, 2.75) is 16.6 Å². The van der Waals surface area contributed by atoms with E-state index in [1.807, 2.05) is 71.3 Å². The van der Waals surface area contributed by atoms with Gasteiger partial charge in [-0.15, -0.1) is 55.3 Å². The van der Waals surface area contributed by atoms with E-state index in [1.165, 1.54) is 24.0 Å². The molecule has 0 spiro atoms. The zero-order chi connectivity index (χ0) is 29.9. The van der Waals surface area contributed by atoms with Crippen LogP contribution in [0.4, 0.5) is 17.1 Å². The average molecular weight is 701 g/mol. The molecule has 5 nitrogen and oxygen atoms in total. The molecule has 2 aromatic heterocycles. The van der Waals surface area contributed by atoms with Gasteiger partial charge < -0.3 is 4.57 Å². The third-order valence-corrected chi connectivity index (χ3v) is 7.17. The fraction of sp³-hybridized carbons (Fsp3) is 0.0645. The maximum atomic E-state index is 7.92. The molecular weight excluding hydrogens is 672 g/mol. The predicted octanol–water partition coefficient (Wildman–Crippen LogP) is 7.66. The Balaban J connectivity index is 0.00000343. The number of para-hydroxylation sites is 3. The van der Waals surface area contributed by atoms with Crippen LogP contribution >= 0.6 is 11.8 Å². The summed E-state index contributed by atoms with van der Waals surface area (Å²) >= 11 is 1.46. The number of fused-ring (bicyclic) bond motifs is 4. The zero-order valence-electron chi connectivity index (χ0n) is 25.7. The maximum absolute atomic E-state index is 7.92. The minimum Gasteiger partial charge on any atom is -0.319 e. The van der Waals surface area contributed by atoms with Crippen LogP contribution in [0.2, 0.25) is 0 Å². The Hall–Kier alpha value is -3.57. The van der Waals surface area contributed by atoms with Crippen molar-refractivity contribution in [3.8, 4) is 5.82 Å². The first-order chi connectivity index (χ1) is 20.6.